The number of hydrogen-bond acceptors (Lipinski definition) is 5. The van der Waals surface area contributed by atoms with Crippen molar-refractivity contribution in [3.05, 3.63) is 56.7 Å². The molecule has 0 saturated carbocycles. The van der Waals surface area contributed by atoms with Crippen LogP contribution in [0.3, 0.4) is 0 Å². The van der Waals surface area contributed by atoms with Gasteiger partial charge >= 0.3 is 0 Å². The smallest absolute Gasteiger partial charge is 0.273 e. The number of non-ortho nitro benzene ring substituents is 1. The van der Waals surface area contributed by atoms with Crippen LogP contribution in [0.4, 0.5) is 5.69 Å². The summed E-state index contributed by atoms with van der Waals surface area (Å²) in [4.78, 5) is 14.2. The van der Waals surface area contributed by atoms with Crippen LogP contribution >= 0.6 is 15.9 Å². The molecule has 0 saturated heterocycles. The standard InChI is InChI=1S/C12H9BrN4O3/c13-9-2-1-8(17(18)19)6-10(9)20-11-5-7(12(14)15)3-4-16-11/h1-6H,(H3,14,15). The van der Waals surface area contributed by atoms with Crippen LogP contribution in [-0.2, 0) is 0 Å². The van der Waals surface area contributed by atoms with Gasteiger partial charge in [-0.15, -0.1) is 0 Å². The monoisotopic (exact) mass is 336 g/mol. The Morgan fingerprint density at radius 3 is 2.80 bits per heavy atom. The summed E-state index contributed by atoms with van der Waals surface area (Å²) >= 11 is 3.24. The van der Waals surface area contributed by atoms with E-state index in [2.05, 4.69) is 20.9 Å². The molecule has 7 nitrogen and oxygen atoms in total. The predicted octanol–water partition coefficient (Wildman–Crippen LogP) is 2.83. The Bertz CT molecular complexity index is 690. The Morgan fingerprint density at radius 2 is 2.15 bits per heavy atom. The van der Waals surface area contributed by atoms with E-state index in [9.17, 15) is 10.1 Å². The lowest BCUT2D eigenvalue weighted by Crippen LogP contribution is -2.11. The molecule has 1 aromatic carbocycles. The van der Waals surface area contributed by atoms with E-state index in [0.717, 1.165) is 0 Å². The summed E-state index contributed by atoms with van der Waals surface area (Å²) in [6.45, 7) is 0. The highest BCUT2D eigenvalue weighted by molar-refractivity contribution is 9.10. The molecule has 8 heteroatoms. The highest BCUT2D eigenvalue weighted by Crippen LogP contribution is 2.32. The highest BCUT2D eigenvalue weighted by Gasteiger charge is 2.12. The number of rotatable bonds is 4. The summed E-state index contributed by atoms with van der Waals surface area (Å²) < 4.78 is 6.03. The summed E-state index contributed by atoms with van der Waals surface area (Å²) in [6, 6.07) is 7.20. The number of nitro groups is 1. The average Bonchev–Trinajstić information content (AvgIpc) is 2.41. The number of benzene rings is 1. The van der Waals surface area contributed by atoms with Crippen molar-refractivity contribution in [3.63, 3.8) is 0 Å². The highest BCUT2D eigenvalue weighted by atomic mass is 79.9. The van der Waals surface area contributed by atoms with Crippen LogP contribution < -0.4 is 10.5 Å². The largest absolute Gasteiger partial charge is 0.438 e. The Morgan fingerprint density at radius 1 is 1.40 bits per heavy atom. The van der Waals surface area contributed by atoms with Gasteiger partial charge < -0.3 is 10.5 Å². The number of nitrogen functional groups attached to an aromatic ring is 1. The lowest BCUT2D eigenvalue weighted by atomic mass is 10.2. The van der Waals surface area contributed by atoms with Gasteiger partial charge in [0, 0.05) is 23.9 Å². The van der Waals surface area contributed by atoms with Gasteiger partial charge in [0.1, 0.15) is 5.84 Å². The van der Waals surface area contributed by atoms with Crippen molar-refractivity contribution in [1.29, 1.82) is 5.41 Å². The molecule has 102 valence electrons. The van der Waals surface area contributed by atoms with Crippen molar-refractivity contribution in [1.82, 2.24) is 4.98 Å². The maximum atomic E-state index is 10.7. The van der Waals surface area contributed by atoms with Gasteiger partial charge in [-0.05, 0) is 28.1 Å². The normalized spacial score (nSPS) is 10.1. The Labute approximate surface area is 122 Å². The first-order valence-electron chi connectivity index (χ1n) is 5.39. The zero-order valence-corrected chi connectivity index (χ0v) is 11.6. The van der Waals surface area contributed by atoms with E-state index in [1.54, 1.807) is 6.07 Å². The number of nitrogens with one attached hydrogen (secondary N) is 1. The van der Waals surface area contributed by atoms with Gasteiger partial charge in [-0.25, -0.2) is 4.98 Å². The summed E-state index contributed by atoms with van der Waals surface area (Å²) in [5.41, 5.74) is 5.73. The molecule has 2 aromatic rings. The number of aromatic nitrogens is 1. The molecule has 0 aliphatic heterocycles. The minimum atomic E-state index is -0.515. The van der Waals surface area contributed by atoms with Crippen LogP contribution in [-0.4, -0.2) is 15.7 Å². The molecule has 1 aromatic heterocycles. The summed E-state index contributed by atoms with van der Waals surface area (Å²) in [6.07, 6.45) is 1.44. The van der Waals surface area contributed by atoms with E-state index in [-0.39, 0.29) is 23.2 Å². The maximum absolute atomic E-state index is 10.7. The van der Waals surface area contributed by atoms with Gasteiger partial charge in [0.2, 0.25) is 5.88 Å². The van der Waals surface area contributed by atoms with Gasteiger partial charge in [-0.3, -0.25) is 15.5 Å². The fourth-order valence-corrected chi connectivity index (χ4v) is 1.76. The lowest BCUT2D eigenvalue weighted by molar-refractivity contribution is -0.384. The number of amidine groups is 1. The molecule has 0 fully saturated rings. The molecule has 3 N–H and O–H groups in total. The SMILES string of the molecule is N=C(N)c1ccnc(Oc2cc([N+](=O)[O-])ccc2Br)c1. The molecule has 0 bridgehead atoms. The third-order valence-electron chi connectivity index (χ3n) is 2.39. The Kier molecular flexibility index (Phi) is 3.94. The number of ether oxygens (including phenoxy) is 1. The summed E-state index contributed by atoms with van der Waals surface area (Å²) in [5.74, 6) is 0.335. The van der Waals surface area contributed by atoms with E-state index in [1.807, 2.05) is 0 Å². The van der Waals surface area contributed by atoms with Crippen LogP contribution in [0.1, 0.15) is 5.56 Å². The first-order valence-corrected chi connectivity index (χ1v) is 6.19. The fourth-order valence-electron chi connectivity index (χ4n) is 1.43. The molecule has 0 aliphatic rings. The first-order chi connectivity index (χ1) is 9.47. The van der Waals surface area contributed by atoms with Crippen LogP contribution in [0.5, 0.6) is 11.6 Å². The van der Waals surface area contributed by atoms with Gasteiger partial charge in [-0.1, -0.05) is 0 Å². The van der Waals surface area contributed by atoms with Gasteiger partial charge in [0.15, 0.2) is 5.75 Å². The predicted molar refractivity (Wildman–Crippen MR) is 76.1 cm³/mol. The summed E-state index contributed by atoms with van der Waals surface area (Å²) in [5, 5.41) is 18.1. The molecule has 0 amide bonds. The van der Waals surface area contributed by atoms with Crippen molar-refractivity contribution in [2.75, 3.05) is 0 Å². The van der Waals surface area contributed by atoms with E-state index in [4.69, 9.17) is 15.9 Å². The molecule has 2 rings (SSSR count). The first kappa shape index (κ1) is 13.9. The van der Waals surface area contributed by atoms with Crippen molar-refractivity contribution in [2.45, 2.75) is 0 Å². The number of hydrogen-bond donors (Lipinski definition) is 2. The lowest BCUT2D eigenvalue weighted by Gasteiger charge is -2.07. The summed E-state index contributed by atoms with van der Waals surface area (Å²) in [7, 11) is 0. The molecule has 0 unspecified atom stereocenters. The van der Waals surface area contributed by atoms with Crippen molar-refractivity contribution < 1.29 is 9.66 Å². The van der Waals surface area contributed by atoms with Gasteiger partial charge in [0.05, 0.1) is 15.5 Å². The Hall–Kier alpha value is -2.48. The fraction of sp³-hybridized carbons (Fsp3) is 0. The minimum absolute atomic E-state index is 0.0917. The zero-order chi connectivity index (χ0) is 14.7. The second kappa shape index (κ2) is 5.66. The van der Waals surface area contributed by atoms with E-state index >= 15 is 0 Å². The molecule has 0 aliphatic carbocycles. The molecular formula is C12H9BrN4O3. The maximum Gasteiger partial charge on any atom is 0.273 e. The van der Waals surface area contributed by atoms with Gasteiger partial charge in [0.25, 0.3) is 5.69 Å². The quantitative estimate of drug-likeness (QED) is 0.385. The van der Waals surface area contributed by atoms with E-state index < -0.39 is 4.92 Å². The van der Waals surface area contributed by atoms with Crippen molar-refractivity contribution in [2.24, 2.45) is 5.73 Å². The Balaban J connectivity index is 2.34. The van der Waals surface area contributed by atoms with Crippen LogP contribution in [0.15, 0.2) is 41.0 Å². The molecule has 0 atom stereocenters. The molecular weight excluding hydrogens is 328 g/mol. The second-order valence-corrected chi connectivity index (χ2v) is 4.62. The average molecular weight is 337 g/mol. The topological polar surface area (TPSA) is 115 Å². The number of nitrogens with zero attached hydrogens (tertiary/aromatic N) is 2. The van der Waals surface area contributed by atoms with E-state index in [1.165, 1.54) is 30.5 Å². The minimum Gasteiger partial charge on any atom is -0.438 e. The molecule has 1 heterocycles. The molecule has 0 radical (unpaired) electrons. The van der Waals surface area contributed by atoms with Crippen molar-refractivity contribution in [3.8, 4) is 11.6 Å². The van der Waals surface area contributed by atoms with Crippen LogP contribution in [0, 0.1) is 15.5 Å². The number of halogens is 1. The zero-order valence-electron chi connectivity index (χ0n) is 10.0. The second-order valence-electron chi connectivity index (χ2n) is 3.77. The molecule has 0 spiro atoms. The third-order valence-corrected chi connectivity index (χ3v) is 3.04. The van der Waals surface area contributed by atoms with E-state index in [0.29, 0.717) is 10.0 Å². The van der Waals surface area contributed by atoms with Crippen molar-refractivity contribution >= 4 is 27.5 Å². The van der Waals surface area contributed by atoms with Gasteiger partial charge in [-0.2, -0.15) is 0 Å². The molecule has 20 heavy (non-hydrogen) atoms. The number of nitro benzene ring substituents is 1. The van der Waals surface area contributed by atoms with Crippen LogP contribution in [0.2, 0.25) is 0 Å². The number of pyridine rings is 1. The number of nitrogens with two attached hydrogens (primary N) is 1. The third kappa shape index (κ3) is 3.09. The van der Waals surface area contributed by atoms with Crippen LogP contribution in [0.25, 0.3) is 0 Å².